The Morgan fingerprint density at radius 2 is 1.67 bits per heavy atom. The van der Waals surface area contributed by atoms with Gasteiger partial charge in [0.25, 0.3) is 0 Å². The normalized spacial score (nSPS) is 15.5. The highest BCUT2D eigenvalue weighted by molar-refractivity contribution is 7.71. The Morgan fingerprint density at radius 1 is 1.03 bits per heavy atom. The predicted molar refractivity (Wildman–Crippen MR) is 121 cm³/mol. The van der Waals surface area contributed by atoms with Gasteiger partial charge in [-0.2, -0.15) is 4.68 Å². The van der Waals surface area contributed by atoms with E-state index >= 15 is 0 Å². The van der Waals surface area contributed by atoms with Crippen molar-refractivity contribution in [3.63, 3.8) is 0 Å². The molecule has 0 unspecified atom stereocenters. The molecule has 0 atom stereocenters. The second-order valence-corrected chi connectivity index (χ2v) is 9.30. The molecule has 3 aromatic rings. The molecule has 1 aromatic carbocycles. The second-order valence-electron chi connectivity index (χ2n) is 8.94. The van der Waals surface area contributed by atoms with Crippen molar-refractivity contribution in [2.75, 3.05) is 31.1 Å². The van der Waals surface area contributed by atoms with E-state index in [0.717, 1.165) is 55.0 Å². The summed E-state index contributed by atoms with van der Waals surface area (Å²) in [4.78, 5) is 12.4. The maximum Gasteiger partial charge on any atom is 0.225 e. The lowest BCUT2D eigenvalue weighted by Gasteiger charge is -2.31. The Hall–Kier alpha value is -2.58. The van der Waals surface area contributed by atoms with E-state index in [1.165, 1.54) is 10.5 Å². The third-order valence-electron chi connectivity index (χ3n) is 5.73. The van der Waals surface area contributed by atoms with Gasteiger partial charge in [-0.3, -0.25) is 0 Å². The minimum absolute atomic E-state index is 0.138. The first kappa shape index (κ1) is 20.7. The zero-order valence-electron chi connectivity index (χ0n) is 18.2. The first-order valence-electron chi connectivity index (χ1n) is 10.4. The summed E-state index contributed by atoms with van der Waals surface area (Å²) in [6.07, 6.45) is 3.59. The Balaban J connectivity index is 1.46. The Morgan fingerprint density at radius 3 is 2.27 bits per heavy atom. The number of anilines is 1. The predicted octanol–water partition coefficient (Wildman–Crippen LogP) is 2.07. The van der Waals surface area contributed by atoms with Crippen LogP contribution in [0.2, 0.25) is 0 Å². The van der Waals surface area contributed by atoms with Gasteiger partial charge in [-0.05, 0) is 29.3 Å². The third kappa shape index (κ3) is 4.29. The maximum absolute atomic E-state index is 5.69. The molecule has 8 heteroatoms. The Bertz CT molecular complexity index is 1040. The number of nitrogens with one attached hydrogen (secondary N) is 1. The molecule has 0 bridgehead atoms. The number of hydrogen-bond acceptors (Lipinski definition) is 5. The van der Waals surface area contributed by atoms with E-state index in [-0.39, 0.29) is 5.41 Å². The Labute approximate surface area is 183 Å². The average molecular weight is 425 g/mol. The summed E-state index contributed by atoms with van der Waals surface area (Å²) in [7, 11) is 2.00. The van der Waals surface area contributed by atoms with E-state index in [0.29, 0.717) is 0 Å². The van der Waals surface area contributed by atoms with E-state index in [9.17, 15) is 0 Å². The van der Waals surface area contributed by atoms with E-state index < -0.39 is 0 Å². The number of hydrogen-bond donors (Lipinski definition) is 1. The SMILES string of the molecule is Cn1c(-c2ccc(C(C)(C)C)cc2)nn(C[NH+]2CCN(c3ncccn3)CC2)c1=S. The van der Waals surface area contributed by atoms with Crippen molar-refractivity contribution < 1.29 is 4.90 Å². The zero-order valence-corrected chi connectivity index (χ0v) is 19.0. The van der Waals surface area contributed by atoms with Crippen LogP contribution < -0.4 is 9.80 Å². The Kier molecular flexibility index (Phi) is 5.71. The minimum atomic E-state index is 0.138. The van der Waals surface area contributed by atoms with E-state index in [1.807, 2.05) is 22.4 Å². The molecule has 1 aliphatic heterocycles. The molecule has 1 fully saturated rings. The van der Waals surface area contributed by atoms with Gasteiger partial charge in [-0.1, -0.05) is 45.0 Å². The molecule has 158 valence electrons. The fourth-order valence-electron chi connectivity index (χ4n) is 3.81. The van der Waals surface area contributed by atoms with Crippen LogP contribution in [0.5, 0.6) is 0 Å². The van der Waals surface area contributed by atoms with Crippen molar-refractivity contribution in [1.82, 2.24) is 24.3 Å². The molecule has 1 N–H and O–H groups in total. The lowest BCUT2D eigenvalue weighted by atomic mass is 9.87. The van der Waals surface area contributed by atoms with Gasteiger partial charge >= 0.3 is 0 Å². The number of quaternary nitrogens is 1. The molecule has 0 spiro atoms. The summed E-state index contributed by atoms with van der Waals surface area (Å²) in [5.74, 6) is 1.73. The van der Waals surface area contributed by atoms with Crippen LogP contribution in [0.1, 0.15) is 26.3 Å². The smallest absolute Gasteiger partial charge is 0.225 e. The molecule has 30 heavy (non-hydrogen) atoms. The highest BCUT2D eigenvalue weighted by Crippen LogP contribution is 2.25. The first-order chi connectivity index (χ1) is 14.3. The van der Waals surface area contributed by atoms with Gasteiger partial charge in [0.1, 0.15) is 0 Å². The molecule has 0 saturated carbocycles. The average Bonchev–Trinajstić information content (AvgIpc) is 3.03. The molecule has 2 aromatic heterocycles. The number of piperazine rings is 1. The summed E-state index contributed by atoms with van der Waals surface area (Å²) < 4.78 is 4.73. The van der Waals surface area contributed by atoms with E-state index in [4.69, 9.17) is 17.3 Å². The topological polar surface area (TPSA) is 56.2 Å². The van der Waals surface area contributed by atoms with Crippen LogP contribution in [-0.4, -0.2) is 50.5 Å². The summed E-state index contributed by atoms with van der Waals surface area (Å²) >= 11 is 5.69. The van der Waals surface area contributed by atoms with Crippen molar-refractivity contribution in [1.29, 1.82) is 0 Å². The third-order valence-corrected chi connectivity index (χ3v) is 6.21. The largest absolute Gasteiger partial charge is 0.330 e. The summed E-state index contributed by atoms with van der Waals surface area (Å²) in [6, 6.07) is 10.5. The summed E-state index contributed by atoms with van der Waals surface area (Å²) in [5.41, 5.74) is 2.55. The van der Waals surface area contributed by atoms with Crippen LogP contribution in [0.4, 0.5) is 5.95 Å². The lowest BCUT2D eigenvalue weighted by Crippen LogP contribution is -3.14. The van der Waals surface area contributed by atoms with Gasteiger partial charge in [-0.15, -0.1) is 5.10 Å². The molecule has 7 nitrogen and oxygen atoms in total. The van der Waals surface area contributed by atoms with E-state index in [2.05, 4.69) is 59.9 Å². The fraction of sp³-hybridized carbons (Fsp3) is 0.455. The van der Waals surface area contributed by atoms with Gasteiger partial charge in [0.05, 0.1) is 26.2 Å². The number of aromatic nitrogens is 5. The molecular weight excluding hydrogens is 394 g/mol. The maximum atomic E-state index is 5.69. The van der Waals surface area contributed by atoms with E-state index in [1.54, 1.807) is 12.4 Å². The molecule has 0 amide bonds. The van der Waals surface area contributed by atoms with Crippen molar-refractivity contribution in [2.24, 2.45) is 7.05 Å². The quantitative estimate of drug-likeness (QED) is 0.650. The molecule has 0 aliphatic carbocycles. The standard InChI is InChI=1S/C22H29N7S/c1-22(2,3)18-8-6-17(7-9-18)19-25-29(21(30)26(19)4)16-27-12-14-28(15-13-27)20-23-10-5-11-24-20/h5-11H,12-16H2,1-4H3/p+1. The monoisotopic (exact) mass is 424 g/mol. The van der Waals surface area contributed by atoms with Crippen LogP contribution >= 0.6 is 12.2 Å². The highest BCUT2D eigenvalue weighted by atomic mass is 32.1. The van der Waals surface area contributed by atoms with Crippen LogP contribution in [0.3, 0.4) is 0 Å². The number of benzene rings is 1. The van der Waals surface area contributed by atoms with Crippen LogP contribution in [0.15, 0.2) is 42.7 Å². The van der Waals surface area contributed by atoms with Gasteiger partial charge in [0.15, 0.2) is 12.5 Å². The van der Waals surface area contributed by atoms with Crippen molar-refractivity contribution in [2.45, 2.75) is 32.9 Å². The molecule has 1 saturated heterocycles. The summed E-state index contributed by atoms with van der Waals surface area (Å²) in [6.45, 7) is 11.3. The van der Waals surface area contributed by atoms with Crippen LogP contribution in [-0.2, 0) is 19.1 Å². The molecular formula is C22H30N7S+. The first-order valence-corrected chi connectivity index (χ1v) is 10.8. The highest BCUT2D eigenvalue weighted by Gasteiger charge is 2.23. The number of rotatable bonds is 4. The molecule has 3 heterocycles. The molecule has 1 aliphatic rings. The second kappa shape index (κ2) is 8.28. The van der Waals surface area contributed by atoms with Crippen LogP contribution in [0.25, 0.3) is 11.4 Å². The fourth-order valence-corrected chi connectivity index (χ4v) is 4.00. The van der Waals surface area contributed by atoms with Crippen molar-refractivity contribution >= 4 is 18.2 Å². The zero-order chi connectivity index (χ0) is 21.3. The van der Waals surface area contributed by atoms with Crippen molar-refractivity contribution in [3.05, 3.63) is 53.1 Å². The van der Waals surface area contributed by atoms with Gasteiger partial charge < -0.3 is 14.4 Å². The number of nitrogens with zero attached hydrogens (tertiary/aromatic N) is 6. The van der Waals surface area contributed by atoms with Crippen molar-refractivity contribution in [3.8, 4) is 11.4 Å². The lowest BCUT2D eigenvalue weighted by molar-refractivity contribution is -0.924. The molecule has 0 radical (unpaired) electrons. The van der Waals surface area contributed by atoms with Gasteiger partial charge in [0.2, 0.25) is 10.7 Å². The van der Waals surface area contributed by atoms with Gasteiger partial charge in [0, 0.05) is 25.0 Å². The van der Waals surface area contributed by atoms with Crippen LogP contribution in [0, 0.1) is 4.77 Å². The minimum Gasteiger partial charge on any atom is -0.330 e. The molecule has 4 rings (SSSR count). The van der Waals surface area contributed by atoms with Gasteiger partial charge in [-0.25, -0.2) is 9.97 Å². The summed E-state index contributed by atoms with van der Waals surface area (Å²) in [5, 5.41) is 4.86.